The molecule has 0 radical (unpaired) electrons. The highest BCUT2D eigenvalue weighted by atomic mass is 79.9. The lowest BCUT2D eigenvalue weighted by molar-refractivity contribution is -0.145. The number of aromatic nitrogens is 9. The fourth-order valence-corrected chi connectivity index (χ4v) is 6.22. The van der Waals surface area contributed by atoms with E-state index < -0.39 is 71.9 Å². The first-order valence-corrected chi connectivity index (χ1v) is 26.3. The fraction of sp³-hybridized carbons (Fsp3) is 0.408. The molecule has 2 aliphatic rings. The van der Waals surface area contributed by atoms with E-state index in [0.29, 0.717) is 32.8 Å². The van der Waals surface area contributed by atoms with Gasteiger partial charge in [-0.2, -0.15) is 39.5 Å². The number of alkyl halides is 11. The number of nitrogens with one attached hydrogen (secondary N) is 1. The maximum atomic E-state index is 12.4. The summed E-state index contributed by atoms with van der Waals surface area (Å²) in [5.74, 6) is -2.91. The van der Waals surface area contributed by atoms with Crippen LogP contribution in [0.5, 0.6) is 0 Å². The van der Waals surface area contributed by atoms with E-state index in [4.69, 9.17) is 64.9 Å². The van der Waals surface area contributed by atoms with Gasteiger partial charge in [-0.3, -0.25) is 9.59 Å². The molecule has 6 aromatic rings. The van der Waals surface area contributed by atoms with Crippen LogP contribution in [0.2, 0.25) is 0 Å². The number of nitrogens with two attached hydrogens (primary N) is 2. The first kappa shape index (κ1) is 73.7. The van der Waals surface area contributed by atoms with Crippen molar-refractivity contribution in [2.45, 2.75) is 128 Å². The van der Waals surface area contributed by atoms with E-state index in [-0.39, 0.29) is 41.5 Å². The first-order valence-electron chi connectivity index (χ1n) is 23.5. The Morgan fingerprint density at radius 3 is 1.14 bits per heavy atom. The SMILES string of the molecule is C.CC(Cl)C(=O)Cl.CC(Cl)C(=O)Nc1cccc(-c2cnc(C(F)(F)F)nc2)n1.CC1(C)OB(B2OC(C)(C)C(C)(C)O2)OC1(C)C.FC(F)(F)c1ncc(Br)cn1.Nc1cccc(-c2cnc(C(F)(F)F)nc2)n1.Nc1cccc(Br)n1. The summed E-state index contributed by atoms with van der Waals surface area (Å²) >= 11 is 21.7. The molecule has 5 N–H and O–H groups in total. The summed E-state index contributed by atoms with van der Waals surface area (Å²) in [5.41, 5.74) is 10.8. The van der Waals surface area contributed by atoms with E-state index in [1.165, 1.54) is 19.9 Å². The molecule has 2 unspecified atom stereocenters. The molecular formula is C49H56B2Br2Cl3F9N12O6. The molecule has 0 saturated carbocycles. The second-order valence-electron chi connectivity index (χ2n) is 18.8. The van der Waals surface area contributed by atoms with Crippen molar-refractivity contribution in [2.75, 3.05) is 16.8 Å². The van der Waals surface area contributed by atoms with Gasteiger partial charge >= 0.3 is 32.5 Å². The van der Waals surface area contributed by atoms with Crippen molar-refractivity contribution in [3.63, 3.8) is 0 Å². The summed E-state index contributed by atoms with van der Waals surface area (Å²) in [6.07, 6.45) is -7.32. The predicted octanol–water partition coefficient (Wildman–Crippen LogP) is 13.2. The molecule has 0 aliphatic carbocycles. The Hall–Kier alpha value is -5.40. The molecule has 2 fully saturated rings. The zero-order valence-corrected chi connectivity index (χ0v) is 50.3. The van der Waals surface area contributed by atoms with Crippen LogP contribution in [0.25, 0.3) is 22.5 Å². The molecule has 2 aliphatic heterocycles. The number of nitrogen functional groups attached to an aromatic ring is 2. The fourth-order valence-electron chi connectivity index (χ4n) is 5.60. The average molecular weight is 1370 g/mol. The summed E-state index contributed by atoms with van der Waals surface area (Å²) in [6.45, 7) is 19.2. The number of nitrogens with zero attached hydrogens (tertiary/aromatic N) is 9. The monoisotopic (exact) mass is 1360 g/mol. The van der Waals surface area contributed by atoms with Crippen LogP contribution in [0.3, 0.4) is 0 Å². The number of carbonyl (C=O) groups is 2. The Labute approximate surface area is 505 Å². The van der Waals surface area contributed by atoms with Gasteiger partial charge in [0.2, 0.25) is 28.6 Å². The zero-order valence-electron chi connectivity index (χ0n) is 44.9. The Morgan fingerprint density at radius 2 is 0.855 bits per heavy atom. The highest BCUT2D eigenvalue weighted by Crippen LogP contribution is 2.43. The van der Waals surface area contributed by atoms with Gasteiger partial charge in [-0.05, 0) is 149 Å². The molecule has 34 heteroatoms. The summed E-state index contributed by atoms with van der Waals surface area (Å²) in [6, 6.07) is 14.9. The van der Waals surface area contributed by atoms with Crippen LogP contribution in [-0.4, -0.2) is 103 Å². The van der Waals surface area contributed by atoms with Crippen molar-refractivity contribution >= 4 is 109 Å². The van der Waals surface area contributed by atoms with E-state index in [9.17, 15) is 49.1 Å². The van der Waals surface area contributed by atoms with Gasteiger partial charge in [0, 0.05) is 48.3 Å². The molecule has 0 spiro atoms. The third-order valence-corrected chi connectivity index (χ3v) is 12.9. The van der Waals surface area contributed by atoms with E-state index in [0.717, 1.165) is 41.8 Å². The Morgan fingerprint density at radius 1 is 0.542 bits per heavy atom. The maximum Gasteiger partial charge on any atom is 0.488 e. The molecule has 1 amide bonds. The molecule has 8 heterocycles. The molecular weight excluding hydrogens is 1310 g/mol. The van der Waals surface area contributed by atoms with E-state index in [2.05, 4.69) is 82.0 Å². The van der Waals surface area contributed by atoms with Gasteiger partial charge in [0.05, 0.1) is 38.3 Å². The molecule has 83 heavy (non-hydrogen) atoms. The lowest BCUT2D eigenvalue weighted by Crippen LogP contribution is -2.41. The third-order valence-electron chi connectivity index (χ3n) is 11.2. The number of hydrogen-bond acceptors (Lipinski definition) is 17. The normalized spacial score (nSPS) is 16.1. The quantitative estimate of drug-likeness (QED) is 0.0461. The van der Waals surface area contributed by atoms with Gasteiger partial charge in [-0.15, -0.1) is 23.2 Å². The van der Waals surface area contributed by atoms with Crippen LogP contribution in [0.4, 0.5) is 57.0 Å². The second kappa shape index (κ2) is 30.6. The van der Waals surface area contributed by atoms with Gasteiger partial charge in [0.25, 0.3) is 0 Å². The van der Waals surface area contributed by atoms with E-state index in [1.807, 2.05) is 67.5 Å². The van der Waals surface area contributed by atoms with E-state index >= 15 is 0 Å². The first-order chi connectivity index (χ1) is 37.5. The van der Waals surface area contributed by atoms with Crippen molar-refractivity contribution < 1.29 is 67.7 Å². The van der Waals surface area contributed by atoms with Crippen molar-refractivity contribution in [1.29, 1.82) is 0 Å². The standard InChI is InChI=1S/C13H10ClF3N4O.C12H24B2O4.C10H7F3N4.C5H2BrF3N2.C5H5BrN2.C3H4Cl2O.CH4/c1-7(14)11(22)21-10-4-2-3-9(20-10)8-5-18-12(19-6-8)13(15,16)17;1-9(2)10(3,4)16-13(15-9)14-17-11(5,6)12(7,8)18-14;11-10(12,13)9-15-4-6(5-16-9)7-2-1-3-8(14)17-7;6-3-1-10-4(11-2-3)5(7,8)9;6-4-2-1-3-5(7)8-4;1-2(4)3(5)6;/h2-7H,1H3,(H,20,21,22);1-8H3;1-5H,(H2,14,17);1-2H;1-3H,(H2,7,8);2H,1H3;1H4. The van der Waals surface area contributed by atoms with Crippen LogP contribution in [0, 0.1) is 0 Å². The van der Waals surface area contributed by atoms with Gasteiger partial charge in [-0.1, -0.05) is 25.6 Å². The number of carbonyl (C=O) groups excluding carboxylic acids is 2. The van der Waals surface area contributed by atoms with Crippen LogP contribution in [0.15, 0.2) is 101 Å². The number of hydrogen-bond donors (Lipinski definition) is 3. The lowest BCUT2D eigenvalue weighted by Gasteiger charge is -2.32. The van der Waals surface area contributed by atoms with Crippen LogP contribution in [-0.2, 0) is 46.7 Å². The molecule has 6 aromatic heterocycles. The zero-order chi connectivity index (χ0) is 62.4. The maximum absolute atomic E-state index is 12.4. The van der Waals surface area contributed by atoms with Gasteiger partial charge in [0.1, 0.15) is 32.8 Å². The summed E-state index contributed by atoms with van der Waals surface area (Å²) in [7, 11) is -0.952. The molecule has 0 bridgehead atoms. The topological polar surface area (TPSA) is 251 Å². The third kappa shape index (κ3) is 23.5. The summed E-state index contributed by atoms with van der Waals surface area (Å²) in [4.78, 5) is 52.3. The van der Waals surface area contributed by atoms with Gasteiger partial charge < -0.3 is 35.4 Å². The molecule has 2 saturated heterocycles. The highest BCUT2D eigenvalue weighted by molar-refractivity contribution is 9.10. The Balaban J connectivity index is 0.000000355. The summed E-state index contributed by atoms with van der Waals surface area (Å²) in [5, 5.41) is 0.696. The molecule has 18 nitrogen and oxygen atoms in total. The number of rotatable bonds is 6. The Bertz CT molecular complexity index is 2950. The molecule has 0 aromatic carbocycles. The highest BCUT2D eigenvalue weighted by Gasteiger charge is 2.63. The average Bonchev–Trinajstić information content (AvgIpc) is 2.17. The molecule has 8 rings (SSSR count). The van der Waals surface area contributed by atoms with Gasteiger partial charge in [0.15, 0.2) is 0 Å². The number of halogens is 14. The molecule has 2 atom stereocenters. The number of anilines is 3. The van der Waals surface area contributed by atoms with Gasteiger partial charge in [-0.25, -0.2) is 44.9 Å². The largest absolute Gasteiger partial charge is 0.488 e. The Kier molecular flexibility index (Phi) is 27.2. The van der Waals surface area contributed by atoms with Crippen molar-refractivity contribution in [3.05, 3.63) is 118 Å². The number of pyridine rings is 3. The van der Waals surface area contributed by atoms with Crippen molar-refractivity contribution in [3.8, 4) is 22.5 Å². The smallest absolute Gasteiger partial charge is 0.405 e. The van der Waals surface area contributed by atoms with Crippen LogP contribution >= 0.6 is 66.7 Å². The number of amides is 1. The minimum atomic E-state index is -4.60. The van der Waals surface area contributed by atoms with E-state index in [1.54, 1.807) is 36.4 Å². The molecule has 452 valence electrons. The minimum Gasteiger partial charge on any atom is -0.405 e. The van der Waals surface area contributed by atoms with Crippen LogP contribution in [0.1, 0.15) is 94.1 Å². The lowest BCUT2D eigenvalue weighted by atomic mass is 9.49. The van der Waals surface area contributed by atoms with Crippen molar-refractivity contribution in [2.24, 2.45) is 0 Å². The van der Waals surface area contributed by atoms with Crippen LogP contribution < -0.4 is 16.8 Å². The second-order valence-corrected chi connectivity index (χ2v) is 22.2. The predicted molar refractivity (Wildman–Crippen MR) is 305 cm³/mol. The summed E-state index contributed by atoms with van der Waals surface area (Å²) < 4.78 is 134. The minimum absolute atomic E-state index is 0. The van der Waals surface area contributed by atoms with Crippen molar-refractivity contribution in [1.82, 2.24) is 44.9 Å².